The highest BCUT2D eigenvalue weighted by Gasteiger charge is 2.29. The minimum atomic E-state index is -0.295. The number of aromatic amines is 1. The third kappa shape index (κ3) is 2.84. The van der Waals surface area contributed by atoms with Gasteiger partial charge in [-0.05, 0) is 30.4 Å². The van der Waals surface area contributed by atoms with Crippen LogP contribution in [0.2, 0.25) is 0 Å². The molecule has 5 nitrogen and oxygen atoms in total. The molecule has 2 fully saturated rings. The normalized spacial score (nSPS) is 19.9. The monoisotopic (exact) mass is 325 g/mol. The molecule has 1 aromatic carbocycles. The van der Waals surface area contributed by atoms with E-state index in [9.17, 15) is 9.59 Å². The van der Waals surface area contributed by atoms with Crippen LogP contribution in [0.25, 0.3) is 10.9 Å². The number of para-hydroxylation sites is 1. The van der Waals surface area contributed by atoms with E-state index in [1.165, 1.54) is 25.7 Å². The van der Waals surface area contributed by atoms with Gasteiger partial charge in [-0.25, -0.2) is 0 Å². The third-order valence-electron chi connectivity index (χ3n) is 5.43. The first kappa shape index (κ1) is 15.4. The van der Waals surface area contributed by atoms with Crippen molar-refractivity contribution in [3.05, 3.63) is 46.2 Å². The molecule has 0 spiro atoms. The number of benzene rings is 1. The predicted molar refractivity (Wildman–Crippen MR) is 94.3 cm³/mol. The average Bonchev–Trinajstić information content (AvgIpc) is 3.15. The minimum absolute atomic E-state index is 0.145. The Labute approximate surface area is 141 Å². The minimum Gasteiger partial charge on any atom is -0.336 e. The molecule has 0 bridgehead atoms. The number of hydrogen-bond acceptors (Lipinski definition) is 3. The summed E-state index contributed by atoms with van der Waals surface area (Å²) in [6.45, 7) is 3.26. The Morgan fingerprint density at radius 2 is 1.75 bits per heavy atom. The first-order chi connectivity index (χ1) is 11.7. The predicted octanol–water partition coefficient (Wildman–Crippen LogP) is 2.23. The number of carbonyl (C=O) groups excluding carboxylic acids is 1. The van der Waals surface area contributed by atoms with Gasteiger partial charge in [0.1, 0.15) is 5.56 Å². The second-order valence-electron chi connectivity index (χ2n) is 6.87. The molecule has 1 aliphatic carbocycles. The maximum Gasteiger partial charge on any atom is 0.261 e. The van der Waals surface area contributed by atoms with Crippen molar-refractivity contribution in [1.82, 2.24) is 14.8 Å². The van der Waals surface area contributed by atoms with Gasteiger partial charge in [0.15, 0.2) is 0 Å². The number of pyridine rings is 1. The molecular formula is C19H23N3O2. The SMILES string of the molecule is O=C(c1cc2ccccc2[nH]c1=O)N1CCN(C2CCCC2)CC1. The smallest absolute Gasteiger partial charge is 0.261 e. The van der Waals surface area contributed by atoms with E-state index < -0.39 is 0 Å². The lowest BCUT2D eigenvalue weighted by Gasteiger charge is -2.38. The summed E-state index contributed by atoms with van der Waals surface area (Å²) in [5, 5.41) is 0.894. The number of hydrogen-bond donors (Lipinski definition) is 1. The van der Waals surface area contributed by atoms with Gasteiger partial charge in [0.25, 0.3) is 11.5 Å². The molecule has 2 aliphatic rings. The summed E-state index contributed by atoms with van der Waals surface area (Å²) >= 11 is 0. The van der Waals surface area contributed by atoms with Gasteiger partial charge in [0.2, 0.25) is 0 Å². The van der Waals surface area contributed by atoms with Gasteiger partial charge in [-0.2, -0.15) is 0 Å². The van der Waals surface area contributed by atoms with Crippen LogP contribution in [-0.4, -0.2) is 52.9 Å². The second-order valence-corrected chi connectivity index (χ2v) is 6.87. The van der Waals surface area contributed by atoms with Crippen molar-refractivity contribution >= 4 is 16.8 Å². The van der Waals surface area contributed by atoms with E-state index in [4.69, 9.17) is 0 Å². The highest BCUT2D eigenvalue weighted by molar-refractivity contribution is 5.97. The number of piperazine rings is 1. The van der Waals surface area contributed by atoms with E-state index in [1.807, 2.05) is 29.2 Å². The van der Waals surface area contributed by atoms with Gasteiger partial charge in [0.05, 0.1) is 0 Å². The fraction of sp³-hybridized carbons (Fsp3) is 0.474. The van der Waals surface area contributed by atoms with Crippen LogP contribution >= 0.6 is 0 Å². The summed E-state index contributed by atoms with van der Waals surface area (Å²) in [5.41, 5.74) is 0.727. The maximum absolute atomic E-state index is 12.8. The number of rotatable bonds is 2. The Morgan fingerprint density at radius 1 is 1.04 bits per heavy atom. The fourth-order valence-corrected chi connectivity index (χ4v) is 4.04. The van der Waals surface area contributed by atoms with E-state index in [1.54, 1.807) is 6.07 Å². The molecule has 0 radical (unpaired) electrons. The zero-order valence-corrected chi connectivity index (χ0v) is 13.8. The van der Waals surface area contributed by atoms with Gasteiger partial charge in [-0.3, -0.25) is 14.5 Å². The number of amides is 1. The molecule has 0 atom stereocenters. The molecule has 4 rings (SSSR count). The van der Waals surface area contributed by atoms with Gasteiger partial charge in [-0.1, -0.05) is 31.0 Å². The van der Waals surface area contributed by atoms with Gasteiger partial charge in [-0.15, -0.1) is 0 Å². The van der Waals surface area contributed by atoms with Gasteiger partial charge < -0.3 is 9.88 Å². The third-order valence-corrected chi connectivity index (χ3v) is 5.43. The first-order valence-corrected chi connectivity index (χ1v) is 8.88. The van der Waals surface area contributed by atoms with Crippen molar-refractivity contribution in [3.8, 4) is 0 Å². The van der Waals surface area contributed by atoms with Crippen LogP contribution in [0.15, 0.2) is 35.1 Å². The number of nitrogens with one attached hydrogen (secondary N) is 1. The molecule has 1 aliphatic heterocycles. The molecule has 1 N–H and O–H groups in total. The lowest BCUT2D eigenvalue weighted by Crippen LogP contribution is -2.52. The van der Waals surface area contributed by atoms with Crippen LogP contribution in [-0.2, 0) is 0 Å². The Balaban J connectivity index is 1.50. The molecule has 2 aromatic rings. The van der Waals surface area contributed by atoms with Gasteiger partial charge in [0, 0.05) is 37.7 Å². The largest absolute Gasteiger partial charge is 0.336 e. The molecule has 1 aromatic heterocycles. The van der Waals surface area contributed by atoms with E-state index in [0.717, 1.165) is 24.0 Å². The fourth-order valence-electron chi connectivity index (χ4n) is 4.04. The quantitative estimate of drug-likeness (QED) is 0.921. The first-order valence-electron chi connectivity index (χ1n) is 8.88. The molecule has 0 unspecified atom stereocenters. The standard InChI is InChI=1S/C19H23N3O2/c23-18-16(13-14-5-1-4-8-17(14)20-18)19(24)22-11-9-21(10-12-22)15-6-2-3-7-15/h1,4-5,8,13,15H,2-3,6-7,9-12H2,(H,20,23). The van der Waals surface area contributed by atoms with Crippen molar-refractivity contribution < 1.29 is 4.79 Å². The van der Waals surface area contributed by atoms with Gasteiger partial charge >= 0.3 is 0 Å². The van der Waals surface area contributed by atoms with Crippen LogP contribution < -0.4 is 5.56 Å². The Kier molecular flexibility index (Phi) is 4.10. The summed E-state index contributed by atoms with van der Waals surface area (Å²) in [4.78, 5) is 32.2. The van der Waals surface area contributed by atoms with E-state index >= 15 is 0 Å². The second kappa shape index (κ2) is 6.40. The molecule has 1 amide bonds. The van der Waals surface area contributed by atoms with Crippen LogP contribution in [0.3, 0.4) is 0 Å². The molecular weight excluding hydrogens is 302 g/mol. The number of H-pyrrole nitrogens is 1. The van der Waals surface area contributed by atoms with Crippen LogP contribution in [0.5, 0.6) is 0 Å². The molecule has 1 saturated heterocycles. The molecule has 5 heteroatoms. The number of aromatic nitrogens is 1. The van der Waals surface area contributed by atoms with Crippen LogP contribution in [0.1, 0.15) is 36.0 Å². The molecule has 126 valence electrons. The molecule has 24 heavy (non-hydrogen) atoms. The average molecular weight is 325 g/mol. The van der Waals surface area contributed by atoms with E-state index in [0.29, 0.717) is 19.1 Å². The van der Waals surface area contributed by atoms with Crippen molar-refractivity contribution in [2.45, 2.75) is 31.7 Å². The van der Waals surface area contributed by atoms with E-state index in [2.05, 4.69) is 9.88 Å². The number of nitrogens with zero attached hydrogens (tertiary/aromatic N) is 2. The zero-order chi connectivity index (χ0) is 16.5. The lowest BCUT2D eigenvalue weighted by atomic mass is 10.1. The Hall–Kier alpha value is -2.14. The Bertz CT molecular complexity index is 800. The number of carbonyl (C=O) groups is 1. The highest BCUT2D eigenvalue weighted by Crippen LogP contribution is 2.24. The van der Waals surface area contributed by atoms with Crippen LogP contribution in [0, 0.1) is 0 Å². The van der Waals surface area contributed by atoms with Crippen LogP contribution in [0.4, 0.5) is 0 Å². The molecule has 1 saturated carbocycles. The molecule has 2 heterocycles. The zero-order valence-electron chi connectivity index (χ0n) is 13.8. The highest BCUT2D eigenvalue weighted by atomic mass is 16.2. The lowest BCUT2D eigenvalue weighted by molar-refractivity contribution is 0.0572. The van der Waals surface area contributed by atoms with Crippen molar-refractivity contribution in [2.24, 2.45) is 0 Å². The summed E-state index contributed by atoms with van der Waals surface area (Å²) < 4.78 is 0. The van der Waals surface area contributed by atoms with E-state index in [-0.39, 0.29) is 17.0 Å². The summed E-state index contributed by atoms with van der Waals surface area (Å²) in [6.07, 6.45) is 5.24. The summed E-state index contributed by atoms with van der Waals surface area (Å²) in [5.74, 6) is -0.145. The van der Waals surface area contributed by atoms with Crippen molar-refractivity contribution in [2.75, 3.05) is 26.2 Å². The summed E-state index contributed by atoms with van der Waals surface area (Å²) in [7, 11) is 0. The Morgan fingerprint density at radius 3 is 2.50 bits per heavy atom. The summed E-state index contributed by atoms with van der Waals surface area (Å²) in [6, 6.07) is 9.98. The van der Waals surface area contributed by atoms with Crippen molar-refractivity contribution in [3.63, 3.8) is 0 Å². The maximum atomic E-state index is 12.8. The number of fused-ring (bicyclic) bond motifs is 1. The van der Waals surface area contributed by atoms with Crippen molar-refractivity contribution in [1.29, 1.82) is 0 Å². The topological polar surface area (TPSA) is 56.4 Å².